The van der Waals surface area contributed by atoms with E-state index in [1.54, 1.807) is 18.2 Å². The van der Waals surface area contributed by atoms with Gasteiger partial charge in [-0.15, -0.1) is 0 Å². The molecule has 0 aromatic heterocycles. The van der Waals surface area contributed by atoms with Gasteiger partial charge in [-0.2, -0.15) is 5.10 Å². The molecule has 1 heterocycles. The van der Waals surface area contributed by atoms with Crippen LogP contribution in [0.1, 0.15) is 5.56 Å². The number of anilines is 2. The van der Waals surface area contributed by atoms with Crippen LogP contribution < -0.4 is 14.6 Å². The Hall–Kier alpha value is -3.71. The first-order valence-corrected chi connectivity index (χ1v) is 13.8. The molecule has 4 rings (SSSR count). The maximum atomic E-state index is 13.4. The van der Waals surface area contributed by atoms with Crippen molar-refractivity contribution in [1.82, 2.24) is 5.43 Å². The Labute approximate surface area is 234 Å². The minimum atomic E-state index is -4.19. The molecule has 0 radical (unpaired) electrons. The van der Waals surface area contributed by atoms with E-state index < -0.39 is 27.4 Å². The van der Waals surface area contributed by atoms with Crippen molar-refractivity contribution in [2.24, 2.45) is 5.10 Å². The molecule has 1 saturated heterocycles. The number of sulfonamides is 1. The summed E-state index contributed by atoms with van der Waals surface area (Å²) in [6, 6.07) is 16.0. The number of non-ortho nitro benzene ring substituents is 1. The van der Waals surface area contributed by atoms with Crippen molar-refractivity contribution < 1.29 is 22.9 Å². The quantitative estimate of drug-likeness (QED) is 0.225. The van der Waals surface area contributed by atoms with Crippen molar-refractivity contribution in [2.75, 3.05) is 42.1 Å². The molecule has 1 N–H and O–H groups in total. The van der Waals surface area contributed by atoms with Crippen LogP contribution in [0, 0.1) is 10.1 Å². The van der Waals surface area contributed by atoms with Crippen molar-refractivity contribution in [1.29, 1.82) is 0 Å². The topological polar surface area (TPSA) is 134 Å². The molecule has 0 spiro atoms. The van der Waals surface area contributed by atoms with Crippen LogP contribution >= 0.6 is 23.2 Å². The van der Waals surface area contributed by atoms with Gasteiger partial charge in [-0.1, -0.05) is 29.3 Å². The molecular weight excluding hydrogens is 569 g/mol. The number of ether oxygens (including phenoxy) is 1. The number of morpholine rings is 1. The summed E-state index contributed by atoms with van der Waals surface area (Å²) in [6.45, 7) is 1.57. The third-order valence-electron chi connectivity index (χ3n) is 5.75. The van der Waals surface area contributed by atoms with Crippen molar-refractivity contribution in [3.05, 3.63) is 92.5 Å². The molecule has 1 aliphatic rings. The number of hydrogen-bond donors (Lipinski definition) is 1. The van der Waals surface area contributed by atoms with E-state index in [0.29, 0.717) is 42.6 Å². The van der Waals surface area contributed by atoms with Crippen LogP contribution in [-0.2, 0) is 19.6 Å². The molecule has 1 fully saturated rings. The molecule has 0 aliphatic carbocycles. The molecule has 39 heavy (non-hydrogen) atoms. The van der Waals surface area contributed by atoms with Gasteiger partial charge in [-0.25, -0.2) is 13.8 Å². The van der Waals surface area contributed by atoms with Crippen LogP contribution in [0.25, 0.3) is 0 Å². The predicted octanol–water partition coefficient (Wildman–Crippen LogP) is 4.08. The minimum Gasteiger partial charge on any atom is -0.378 e. The number of carbonyl (C=O) groups is 1. The van der Waals surface area contributed by atoms with E-state index in [4.69, 9.17) is 27.9 Å². The van der Waals surface area contributed by atoms with Gasteiger partial charge >= 0.3 is 0 Å². The molecule has 11 nitrogen and oxygen atoms in total. The summed E-state index contributed by atoms with van der Waals surface area (Å²) in [5, 5.41) is 15.9. The summed E-state index contributed by atoms with van der Waals surface area (Å²) in [5.74, 6) is -0.748. The lowest BCUT2D eigenvalue weighted by atomic mass is 10.1. The molecule has 14 heteroatoms. The fourth-order valence-electron chi connectivity index (χ4n) is 3.87. The normalized spacial score (nSPS) is 13.8. The first-order chi connectivity index (χ1) is 18.6. The summed E-state index contributed by atoms with van der Waals surface area (Å²) < 4.78 is 33.2. The van der Waals surface area contributed by atoms with Gasteiger partial charge in [0.05, 0.1) is 34.9 Å². The number of hydrogen-bond acceptors (Lipinski definition) is 8. The van der Waals surface area contributed by atoms with Crippen LogP contribution in [-0.4, -0.2) is 58.3 Å². The van der Waals surface area contributed by atoms with Crippen molar-refractivity contribution in [3.63, 3.8) is 0 Å². The first kappa shape index (κ1) is 28.3. The second-order valence-corrected chi connectivity index (χ2v) is 11.1. The highest BCUT2D eigenvalue weighted by atomic mass is 35.5. The van der Waals surface area contributed by atoms with E-state index in [1.165, 1.54) is 54.7 Å². The summed E-state index contributed by atoms with van der Waals surface area (Å²) in [7, 11) is -4.19. The van der Waals surface area contributed by atoms with Crippen LogP contribution in [0.2, 0.25) is 10.0 Å². The summed E-state index contributed by atoms with van der Waals surface area (Å²) in [5.41, 5.74) is 3.44. The number of amides is 1. The Kier molecular flexibility index (Phi) is 9.02. The van der Waals surface area contributed by atoms with Crippen LogP contribution in [0.4, 0.5) is 17.1 Å². The number of nitrogens with one attached hydrogen (secondary N) is 1. The number of halogens is 2. The van der Waals surface area contributed by atoms with Gasteiger partial charge in [0.15, 0.2) is 0 Å². The highest BCUT2D eigenvalue weighted by molar-refractivity contribution is 7.92. The fraction of sp³-hybridized carbons (Fsp3) is 0.200. The second kappa shape index (κ2) is 12.4. The van der Waals surface area contributed by atoms with E-state index >= 15 is 0 Å². The van der Waals surface area contributed by atoms with Gasteiger partial charge in [-0.05, 0) is 48.5 Å². The van der Waals surface area contributed by atoms with Crippen molar-refractivity contribution >= 4 is 62.4 Å². The maximum Gasteiger partial charge on any atom is 0.270 e. The Morgan fingerprint density at radius 1 is 1.08 bits per heavy atom. The number of nitro benzene ring substituents is 1. The third kappa shape index (κ3) is 7.03. The number of benzene rings is 3. The van der Waals surface area contributed by atoms with Gasteiger partial charge in [0.1, 0.15) is 6.54 Å². The zero-order valence-electron chi connectivity index (χ0n) is 20.4. The molecule has 1 amide bonds. The Morgan fingerprint density at radius 3 is 2.46 bits per heavy atom. The molecule has 3 aromatic rings. The Bertz CT molecular complexity index is 1500. The number of rotatable bonds is 9. The highest BCUT2D eigenvalue weighted by Gasteiger charge is 2.27. The number of hydrazone groups is 1. The third-order valence-corrected chi connectivity index (χ3v) is 8.03. The predicted molar refractivity (Wildman–Crippen MR) is 149 cm³/mol. The smallest absolute Gasteiger partial charge is 0.270 e. The fourth-order valence-corrected chi connectivity index (χ4v) is 5.59. The average molecular weight is 592 g/mol. The Morgan fingerprint density at radius 2 is 1.79 bits per heavy atom. The highest BCUT2D eigenvalue weighted by Crippen LogP contribution is 2.27. The van der Waals surface area contributed by atoms with Gasteiger partial charge < -0.3 is 9.64 Å². The zero-order valence-corrected chi connectivity index (χ0v) is 22.7. The van der Waals surface area contributed by atoms with Crippen LogP contribution in [0.5, 0.6) is 0 Å². The lowest BCUT2D eigenvalue weighted by molar-refractivity contribution is -0.384. The molecule has 0 bridgehead atoms. The lowest BCUT2D eigenvalue weighted by Crippen LogP contribution is -2.39. The van der Waals surface area contributed by atoms with Crippen molar-refractivity contribution in [3.8, 4) is 0 Å². The SMILES string of the molecule is O=C(CN(c1cccc(Cl)c1)S(=O)(=O)c1ccc(Cl)cc1)N/N=C\c1cc([N+](=O)[O-])ccc1N1CCOCC1. The Balaban J connectivity index is 1.57. The molecule has 0 atom stereocenters. The first-order valence-electron chi connectivity index (χ1n) is 11.6. The van der Waals surface area contributed by atoms with Crippen LogP contribution in [0.15, 0.2) is 76.7 Å². The number of carbonyl (C=O) groups excluding carboxylic acids is 1. The monoisotopic (exact) mass is 591 g/mol. The van der Waals surface area contributed by atoms with E-state index in [1.807, 2.05) is 4.90 Å². The van der Waals surface area contributed by atoms with Gasteiger partial charge in [-0.3, -0.25) is 19.2 Å². The largest absolute Gasteiger partial charge is 0.378 e. The second-order valence-electron chi connectivity index (χ2n) is 8.34. The summed E-state index contributed by atoms with van der Waals surface area (Å²) >= 11 is 12.0. The van der Waals surface area contributed by atoms with E-state index in [9.17, 15) is 23.3 Å². The standard InChI is InChI=1S/C25H23Cl2N5O6S/c26-19-4-7-23(8-5-19)39(36,37)31(21-3-1-2-20(27)15-21)17-25(33)29-28-16-18-14-22(32(34)35)6-9-24(18)30-10-12-38-13-11-30/h1-9,14-16H,10-13,17H2,(H,29,33)/b28-16-. The minimum absolute atomic E-state index is 0.0741. The average Bonchev–Trinajstić information content (AvgIpc) is 2.92. The molecule has 0 unspecified atom stereocenters. The maximum absolute atomic E-state index is 13.4. The molecule has 0 saturated carbocycles. The molecule has 1 aliphatic heterocycles. The van der Waals surface area contributed by atoms with Gasteiger partial charge in [0, 0.05) is 46.5 Å². The summed E-state index contributed by atoms with van der Waals surface area (Å²) in [6.07, 6.45) is 1.28. The lowest BCUT2D eigenvalue weighted by Gasteiger charge is -2.29. The van der Waals surface area contributed by atoms with E-state index in [-0.39, 0.29) is 21.3 Å². The molecule has 204 valence electrons. The van der Waals surface area contributed by atoms with Gasteiger partial charge in [0.2, 0.25) is 0 Å². The van der Waals surface area contributed by atoms with Gasteiger partial charge in [0.25, 0.3) is 21.6 Å². The van der Waals surface area contributed by atoms with Crippen LogP contribution in [0.3, 0.4) is 0 Å². The number of nitro groups is 1. The summed E-state index contributed by atoms with van der Waals surface area (Å²) in [4.78, 5) is 25.6. The van der Waals surface area contributed by atoms with Crippen molar-refractivity contribution in [2.45, 2.75) is 4.90 Å². The molecular formula is C25H23Cl2N5O6S. The zero-order chi connectivity index (χ0) is 28.0. The van der Waals surface area contributed by atoms with E-state index in [0.717, 1.165) is 4.31 Å². The number of nitrogens with zero attached hydrogens (tertiary/aromatic N) is 4. The molecule has 3 aromatic carbocycles. The van der Waals surface area contributed by atoms with E-state index in [2.05, 4.69) is 10.5 Å².